The number of amides is 1. The molecular weight excluding hydrogens is 540 g/mol. The number of methoxy groups -OCH3 is 2. The van der Waals surface area contributed by atoms with Crippen LogP contribution in [0, 0.1) is 6.92 Å². The summed E-state index contributed by atoms with van der Waals surface area (Å²) in [5.41, 5.74) is 3.64. The van der Waals surface area contributed by atoms with Crippen LogP contribution >= 0.6 is 0 Å². The number of carbonyl (C=O) groups is 1. The van der Waals surface area contributed by atoms with Crippen molar-refractivity contribution in [3.8, 4) is 17.2 Å². The van der Waals surface area contributed by atoms with E-state index >= 15 is 0 Å². The number of rotatable bonds is 8. The highest BCUT2D eigenvalue weighted by atomic mass is 32.2. The first-order chi connectivity index (χ1) is 19.9. The Labute approximate surface area is 243 Å². The molecule has 0 saturated carbocycles. The minimum absolute atomic E-state index is 0.0390. The molecule has 10 heteroatoms. The van der Waals surface area contributed by atoms with E-state index in [9.17, 15) is 14.5 Å². The second-order valence-corrected chi connectivity index (χ2v) is 11.1. The van der Waals surface area contributed by atoms with E-state index in [1.54, 1.807) is 43.6 Å². The lowest BCUT2D eigenvalue weighted by Crippen LogP contribution is -2.35. The summed E-state index contributed by atoms with van der Waals surface area (Å²) in [7, 11) is 3.06. The minimum atomic E-state index is -1.51. The van der Waals surface area contributed by atoms with Gasteiger partial charge in [-0.05, 0) is 61.4 Å². The second kappa shape index (κ2) is 12.7. The number of para-hydroxylation sites is 1. The maximum atomic E-state index is 13.3. The Bertz CT molecular complexity index is 1530. The lowest BCUT2D eigenvalue weighted by Gasteiger charge is -2.24. The number of aromatic hydroxyl groups is 1. The van der Waals surface area contributed by atoms with E-state index in [1.165, 1.54) is 7.11 Å². The molecule has 41 heavy (non-hydrogen) atoms. The number of carbonyl (C=O) groups excluding carboxylic acids is 1. The highest BCUT2D eigenvalue weighted by molar-refractivity contribution is 7.93. The van der Waals surface area contributed by atoms with Gasteiger partial charge in [-0.1, -0.05) is 18.2 Å². The highest BCUT2D eigenvalue weighted by Gasteiger charge is 2.24. The summed E-state index contributed by atoms with van der Waals surface area (Å²) >= 11 is -1.51. The molecule has 0 spiro atoms. The summed E-state index contributed by atoms with van der Waals surface area (Å²) in [4.78, 5) is 22.4. The summed E-state index contributed by atoms with van der Waals surface area (Å²) in [5.74, 6) is 0.878. The van der Waals surface area contributed by atoms with E-state index in [1.807, 2.05) is 42.2 Å². The lowest BCUT2D eigenvalue weighted by molar-refractivity contribution is 0.0761. The minimum Gasteiger partial charge on any atom is -0.588 e. The molecule has 2 N–H and O–H groups in total. The quantitative estimate of drug-likeness (QED) is 0.290. The fourth-order valence-electron chi connectivity index (χ4n) is 5.15. The number of phenolic OH excluding ortho intramolecular Hbond substituents is 1. The van der Waals surface area contributed by atoms with E-state index in [-0.39, 0.29) is 11.7 Å². The van der Waals surface area contributed by atoms with Crippen molar-refractivity contribution in [2.24, 2.45) is 0 Å². The number of hydrogen-bond donors (Lipinski definition) is 2. The third-order valence-electron chi connectivity index (χ3n) is 7.37. The number of aryl methyl sites for hydroxylation is 1. The maximum absolute atomic E-state index is 13.3. The first-order valence-corrected chi connectivity index (χ1v) is 14.6. The zero-order valence-electron chi connectivity index (χ0n) is 23.4. The summed E-state index contributed by atoms with van der Waals surface area (Å²) < 4.78 is 26.8. The van der Waals surface area contributed by atoms with Crippen LogP contribution in [-0.2, 0) is 17.9 Å². The Morgan fingerprint density at radius 1 is 1.05 bits per heavy atom. The molecule has 1 saturated heterocycles. The Kier molecular flexibility index (Phi) is 8.82. The Morgan fingerprint density at radius 3 is 2.59 bits per heavy atom. The van der Waals surface area contributed by atoms with Gasteiger partial charge < -0.3 is 24.0 Å². The molecule has 5 rings (SSSR count). The molecule has 1 unspecified atom stereocenters. The zero-order valence-corrected chi connectivity index (χ0v) is 24.2. The van der Waals surface area contributed by atoms with Gasteiger partial charge in [0.15, 0.2) is 11.5 Å². The molecule has 3 aromatic carbocycles. The Hall–Kier alpha value is -3.99. The van der Waals surface area contributed by atoms with Crippen molar-refractivity contribution >= 4 is 33.9 Å². The van der Waals surface area contributed by atoms with Crippen LogP contribution < -0.4 is 14.2 Å². The van der Waals surface area contributed by atoms with E-state index in [2.05, 4.69) is 14.6 Å². The van der Waals surface area contributed by atoms with Crippen LogP contribution in [0.4, 0.5) is 5.69 Å². The summed E-state index contributed by atoms with van der Waals surface area (Å²) in [6.45, 7) is 5.18. The number of hydrogen-bond acceptors (Lipinski definition) is 8. The van der Waals surface area contributed by atoms with Crippen LogP contribution in [0.1, 0.15) is 27.9 Å². The van der Waals surface area contributed by atoms with Gasteiger partial charge in [-0.25, -0.2) is 4.72 Å². The molecule has 2 heterocycles. The lowest BCUT2D eigenvalue weighted by atomic mass is 10.1. The topological polar surface area (TPSA) is 110 Å². The SMILES string of the molecule is COc1cc(C)c(CN2CCCN(C(=O)c3ccc(N[S+]([O-])c4cccc5cccnc45)cc3)CC2)c(O)c1OC. The molecule has 1 atom stereocenters. The molecule has 1 aliphatic rings. The number of aromatic nitrogens is 1. The predicted octanol–water partition coefficient (Wildman–Crippen LogP) is 4.75. The average molecular weight is 575 g/mol. The van der Waals surface area contributed by atoms with Crippen LogP contribution in [0.25, 0.3) is 10.9 Å². The molecule has 1 amide bonds. The van der Waals surface area contributed by atoms with Crippen molar-refractivity contribution in [1.82, 2.24) is 14.8 Å². The molecule has 0 radical (unpaired) electrons. The monoisotopic (exact) mass is 574 g/mol. The van der Waals surface area contributed by atoms with Gasteiger partial charge in [-0.2, -0.15) is 0 Å². The van der Waals surface area contributed by atoms with Crippen LogP contribution in [0.15, 0.2) is 71.8 Å². The number of phenols is 1. The normalized spacial score (nSPS) is 14.9. The van der Waals surface area contributed by atoms with Gasteiger partial charge in [0, 0.05) is 55.4 Å². The van der Waals surface area contributed by atoms with Gasteiger partial charge in [0.1, 0.15) is 16.9 Å². The first-order valence-electron chi connectivity index (χ1n) is 13.5. The molecule has 0 aliphatic carbocycles. The Morgan fingerprint density at radius 2 is 1.83 bits per heavy atom. The Balaban J connectivity index is 1.21. The van der Waals surface area contributed by atoms with E-state index in [4.69, 9.17) is 9.47 Å². The highest BCUT2D eigenvalue weighted by Crippen LogP contribution is 2.41. The molecule has 1 fully saturated rings. The standard InChI is InChI=1S/C31H34N4O5S/c1-21-19-26(39-2)30(40-3)29(36)25(21)20-34-15-6-16-35(18-17-34)31(37)23-10-12-24(13-11-23)33-41(38)27-9-4-7-22-8-5-14-32-28(22)27/h4-5,7-14,19,33,36H,6,15-18,20H2,1-3H3. The first kappa shape index (κ1) is 28.5. The van der Waals surface area contributed by atoms with Crippen LogP contribution in [0.3, 0.4) is 0 Å². The molecule has 1 aliphatic heterocycles. The van der Waals surface area contributed by atoms with Gasteiger partial charge in [0.05, 0.1) is 19.9 Å². The van der Waals surface area contributed by atoms with Crippen molar-refractivity contribution in [2.45, 2.75) is 24.8 Å². The van der Waals surface area contributed by atoms with Crippen molar-refractivity contribution in [3.05, 3.63) is 83.6 Å². The fourth-order valence-corrected chi connectivity index (χ4v) is 6.15. The molecule has 214 valence electrons. The smallest absolute Gasteiger partial charge is 0.253 e. The van der Waals surface area contributed by atoms with Crippen molar-refractivity contribution in [1.29, 1.82) is 0 Å². The zero-order chi connectivity index (χ0) is 28.9. The number of nitrogens with zero attached hydrogens (tertiary/aromatic N) is 3. The molecule has 1 aromatic heterocycles. The van der Waals surface area contributed by atoms with Crippen LogP contribution in [0.5, 0.6) is 17.2 Å². The summed E-state index contributed by atoms with van der Waals surface area (Å²) in [5, 5.41) is 11.8. The number of pyridine rings is 1. The third-order valence-corrected chi connectivity index (χ3v) is 8.52. The number of fused-ring (bicyclic) bond motifs is 1. The van der Waals surface area contributed by atoms with E-state index < -0.39 is 11.4 Å². The molecule has 9 nitrogen and oxygen atoms in total. The van der Waals surface area contributed by atoms with Crippen molar-refractivity contribution < 1.29 is 23.9 Å². The number of benzene rings is 3. The maximum Gasteiger partial charge on any atom is 0.253 e. The van der Waals surface area contributed by atoms with Gasteiger partial charge in [-0.15, -0.1) is 0 Å². The van der Waals surface area contributed by atoms with E-state index in [0.29, 0.717) is 59.3 Å². The van der Waals surface area contributed by atoms with Gasteiger partial charge in [0.2, 0.25) is 10.6 Å². The van der Waals surface area contributed by atoms with Crippen LogP contribution in [-0.4, -0.2) is 70.7 Å². The van der Waals surface area contributed by atoms with Crippen molar-refractivity contribution in [3.63, 3.8) is 0 Å². The fraction of sp³-hybridized carbons (Fsp3) is 0.290. The van der Waals surface area contributed by atoms with Gasteiger partial charge in [0.25, 0.3) is 5.91 Å². The number of anilines is 1. The van der Waals surface area contributed by atoms with Gasteiger partial charge >= 0.3 is 0 Å². The number of nitrogens with one attached hydrogen (secondary N) is 1. The van der Waals surface area contributed by atoms with Gasteiger partial charge in [-0.3, -0.25) is 14.7 Å². The van der Waals surface area contributed by atoms with Crippen molar-refractivity contribution in [2.75, 3.05) is 45.1 Å². The third kappa shape index (κ3) is 6.19. The largest absolute Gasteiger partial charge is 0.588 e. The summed E-state index contributed by atoms with van der Waals surface area (Å²) in [6, 6.07) is 18.3. The predicted molar refractivity (Wildman–Crippen MR) is 160 cm³/mol. The van der Waals surface area contributed by atoms with E-state index in [0.717, 1.165) is 29.5 Å². The van der Waals surface area contributed by atoms with Crippen LogP contribution in [0.2, 0.25) is 0 Å². The summed E-state index contributed by atoms with van der Waals surface area (Å²) in [6.07, 6.45) is 2.50. The number of ether oxygens (including phenoxy) is 2. The molecule has 4 aromatic rings. The molecule has 0 bridgehead atoms. The molecular formula is C31H34N4O5S. The second-order valence-electron chi connectivity index (χ2n) is 9.96. The average Bonchev–Trinajstić information content (AvgIpc) is 3.24.